The molecule has 2 rings (SSSR count). The molecule has 18 heavy (non-hydrogen) atoms. The Labute approximate surface area is 102 Å². The Balaban J connectivity index is 2.07. The van der Waals surface area contributed by atoms with Gasteiger partial charge in [-0.1, -0.05) is 0 Å². The number of alkyl halides is 3. The van der Waals surface area contributed by atoms with Gasteiger partial charge in [-0.15, -0.1) is 0 Å². The SMILES string of the molecule is NC(=O)[C@@H]1CN(Cc2cc[nH]c2)C[C@H]1C(F)(F)F. The highest BCUT2D eigenvalue weighted by atomic mass is 19.4. The number of rotatable bonds is 3. The highest BCUT2D eigenvalue weighted by Crippen LogP contribution is 2.37. The van der Waals surface area contributed by atoms with E-state index in [-0.39, 0.29) is 13.1 Å². The molecule has 7 heteroatoms. The van der Waals surface area contributed by atoms with Gasteiger partial charge in [-0.3, -0.25) is 9.69 Å². The summed E-state index contributed by atoms with van der Waals surface area (Å²) in [4.78, 5) is 15.5. The summed E-state index contributed by atoms with van der Waals surface area (Å²) in [7, 11) is 0. The standard InChI is InChI=1S/C11H14F3N3O/c12-11(13,14)9-6-17(5-8(9)10(15)18)4-7-1-2-16-3-7/h1-3,8-9,16H,4-6H2,(H2,15,18)/t8-,9-/m1/s1. The summed E-state index contributed by atoms with van der Waals surface area (Å²) in [5.74, 6) is -3.69. The molecular weight excluding hydrogens is 247 g/mol. The van der Waals surface area contributed by atoms with E-state index < -0.39 is 23.9 Å². The van der Waals surface area contributed by atoms with E-state index in [9.17, 15) is 18.0 Å². The number of halogens is 3. The van der Waals surface area contributed by atoms with Crippen molar-refractivity contribution in [2.75, 3.05) is 13.1 Å². The second-order valence-corrected chi connectivity index (χ2v) is 4.57. The van der Waals surface area contributed by atoms with Crippen LogP contribution in [0.5, 0.6) is 0 Å². The number of aromatic amines is 1. The first-order valence-corrected chi connectivity index (χ1v) is 5.58. The van der Waals surface area contributed by atoms with Gasteiger partial charge in [0.2, 0.25) is 5.91 Å². The summed E-state index contributed by atoms with van der Waals surface area (Å²) in [6, 6.07) is 1.79. The number of aromatic nitrogens is 1. The molecule has 0 aliphatic carbocycles. The first-order valence-electron chi connectivity index (χ1n) is 5.58. The average Bonchev–Trinajstić information content (AvgIpc) is 2.85. The van der Waals surface area contributed by atoms with Crippen molar-refractivity contribution in [3.05, 3.63) is 24.0 Å². The first kappa shape index (κ1) is 12.9. The molecule has 1 amide bonds. The third kappa shape index (κ3) is 2.66. The molecule has 2 atom stereocenters. The molecule has 0 saturated carbocycles. The zero-order valence-corrected chi connectivity index (χ0v) is 9.57. The molecule has 100 valence electrons. The van der Waals surface area contributed by atoms with Gasteiger partial charge in [0.15, 0.2) is 0 Å². The van der Waals surface area contributed by atoms with E-state index in [1.165, 1.54) is 0 Å². The Morgan fingerprint density at radius 3 is 2.67 bits per heavy atom. The number of carbonyl (C=O) groups excluding carboxylic acids is 1. The van der Waals surface area contributed by atoms with Gasteiger partial charge in [-0.25, -0.2) is 0 Å². The van der Waals surface area contributed by atoms with Crippen LogP contribution in [0.3, 0.4) is 0 Å². The molecule has 1 saturated heterocycles. The fraction of sp³-hybridized carbons (Fsp3) is 0.545. The van der Waals surface area contributed by atoms with Gasteiger partial charge in [-0.2, -0.15) is 13.2 Å². The van der Waals surface area contributed by atoms with Crippen LogP contribution in [0.25, 0.3) is 0 Å². The Hall–Kier alpha value is -1.50. The number of nitrogens with two attached hydrogens (primary N) is 1. The molecule has 0 aromatic carbocycles. The predicted molar refractivity (Wildman–Crippen MR) is 58.3 cm³/mol. The molecule has 3 N–H and O–H groups in total. The maximum atomic E-state index is 12.8. The van der Waals surface area contributed by atoms with E-state index >= 15 is 0 Å². The molecule has 1 aromatic heterocycles. The number of nitrogens with zero attached hydrogens (tertiary/aromatic N) is 1. The molecule has 0 radical (unpaired) electrons. The van der Waals surface area contributed by atoms with E-state index in [0.29, 0.717) is 6.54 Å². The number of hydrogen-bond acceptors (Lipinski definition) is 2. The topological polar surface area (TPSA) is 62.1 Å². The van der Waals surface area contributed by atoms with Gasteiger partial charge >= 0.3 is 6.18 Å². The lowest BCUT2D eigenvalue weighted by Gasteiger charge is -2.18. The molecular formula is C11H14F3N3O. The lowest BCUT2D eigenvalue weighted by Crippen LogP contribution is -2.37. The summed E-state index contributed by atoms with van der Waals surface area (Å²) >= 11 is 0. The normalized spacial score (nSPS) is 25.5. The van der Waals surface area contributed by atoms with Crippen molar-refractivity contribution in [3.8, 4) is 0 Å². The Kier molecular flexibility index (Phi) is 3.34. The van der Waals surface area contributed by atoms with Crippen LogP contribution in [0.15, 0.2) is 18.5 Å². The van der Waals surface area contributed by atoms with Gasteiger partial charge in [0.25, 0.3) is 0 Å². The van der Waals surface area contributed by atoms with Crippen molar-refractivity contribution in [1.29, 1.82) is 0 Å². The van der Waals surface area contributed by atoms with Crippen LogP contribution >= 0.6 is 0 Å². The van der Waals surface area contributed by atoms with E-state index in [1.54, 1.807) is 23.4 Å². The van der Waals surface area contributed by atoms with Crippen LogP contribution in [0, 0.1) is 11.8 Å². The maximum absolute atomic E-state index is 12.8. The third-order valence-corrected chi connectivity index (χ3v) is 3.25. The van der Waals surface area contributed by atoms with Gasteiger partial charge in [0.1, 0.15) is 0 Å². The number of likely N-dealkylation sites (tertiary alicyclic amines) is 1. The maximum Gasteiger partial charge on any atom is 0.393 e. The molecule has 1 fully saturated rings. The molecule has 1 aliphatic heterocycles. The molecule has 1 aliphatic rings. The smallest absolute Gasteiger partial charge is 0.369 e. The number of amides is 1. The number of primary amides is 1. The van der Waals surface area contributed by atoms with Crippen LogP contribution < -0.4 is 5.73 Å². The van der Waals surface area contributed by atoms with Crippen molar-refractivity contribution >= 4 is 5.91 Å². The van der Waals surface area contributed by atoms with Crippen molar-refractivity contribution in [2.24, 2.45) is 17.6 Å². The largest absolute Gasteiger partial charge is 0.393 e. The lowest BCUT2D eigenvalue weighted by molar-refractivity contribution is -0.182. The number of H-pyrrole nitrogens is 1. The monoisotopic (exact) mass is 261 g/mol. The van der Waals surface area contributed by atoms with Crippen LogP contribution in [0.4, 0.5) is 13.2 Å². The molecule has 1 aromatic rings. The van der Waals surface area contributed by atoms with Crippen LogP contribution in [0.2, 0.25) is 0 Å². The predicted octanol–water partition coefficient (Wildman–Crippen LogP) is 1.11. The second kappa shape index (κ2) is 4.64. The molecule has 0 spiro atoms. The average molecular weight is 261 g/mol. The van der Waals surface area contributed by atoms with Gasteiger partial charge in [0, 0.05) is 32.0 Å². The van der Waals surface area contributed by atoms with E-state index in [1.807, 2.05) is 0 Å². The summed E-state index contributed by atoms with van der Waals surface area (Å²) in [6.07, 6.45) is -0.953. The quantitative estimate of drug-likeness (QED) is 0.856. The Morgan fingerprint density at radius 2 is 2.22 bits per heavy atom. The number of hydrogen-bond donors (Lipinski definition) is 2. The number of nitrogens with one attached hydrogen (secondary N) is 1. The number of carbonyl (C=O) groups is 1. The van der Waals surface area contributed by atoms with Crippen LogP contribution in [-0.4, -0.2) is 35.1 Å². The summed E-state index contributed by atoms with van der Waals surface area (Å²) < 4.78 is 38.3. The Morgan fingerprint density at radius 1 is 1.50 bits per heavy atom. The second-order valence-electron chi connectivity index (χ2n) is 4.57. The third-order valence-electron chi connectivity index (χ3n) is 3.25. The highest BCUT2D eigenvalue weighted by Gasteiger charge is 2.51. The minimum absolute atomic E-state index is 0.0602. The zero-order chi connectivity index (χ0) is 13.3. The minimum Gasteiger partial charge on any atom is -0.369 e. The first-order chi connectivity index (χ1) is 8.38. The van der Waals surface area contributed by atoms with Crippen LogP contribution in [-0.2, 0) is 11.3 Å². The van der Waals surface area contributed by atoms with Crippen molar-refractivity contribution in [2.45, 2.75) is 12.7 Å². The minimum atomic E-state index is -4.38. The van der Waals surface area contributed by atoms with Gasteiger partial charge < -0.3 is 10.7 Å². The summed E-state index contributed by atoms with van der Waals surface area (Å²) in [6.45, 7) is 0.271. The fourth-order valence-electron chi connectivity index (χ4n) is 2.35. The fourth-order valence-corrected chi connectivity index (χ4v) is 2.35. The van der Waals surface area contributed by atoms with Gasteiger partial charge in [0.05, 0.1) is 11.8 Å². The van der Waals surface area contributed by atoms with Crippen molar-refractivity contribution in [1.82, 2.24) is 9.88 Å². The van der Waals surface area contributed by atoms with Crippen molar-refractivity contribution in [3.63, 3.8) is 0 Å². The molecule has 0 bridgehead atoms. The van der Waals surface area contributed by atoms with Crippen LogP contribution in [0.1, 0.15) is 5.56 Å². The van der Waals surface area contributed by atoms with E-state index in [4.69, 9.17) is 5.73 Å². The summed E-state index contributed by atoms with van der Waals surface area (Å²) in [5, 5.41) is 0. The van der Waals surface area contributed by atoms with Crippen molar-refractivity contribution < 1.29 is 18.0 Å². The Bertz CT molecular complexity index is 416. The zero-order valence-electron chi connectivity index (χ0n) is 9.57. The van der Waals surface area contributed by atoms with E-state index in [2.05, 4.69) is 4.98 Å². The molecule has 0 unspecified atom stereocenters. The molecule has 4 nitrogen and oxygen atoms in total. The lowest BCUT2D eigenvalue weighted by atomic mass is 9.95. The summed E-state index contributed by atoms with van der Waals surface area (Å²) in [5.41, 5.74) is 5.94. The van der Waals surface area contributed by atoms with E-state index in [0.717, 1.165) is 5.56 Å². The highest BCUT2D eigenvalue weighted by molar-refractivity contribution is 5.77. The molecule has 2 heterocycles. The van der Waals surface area contributed by atoms with Gasteiger partial charge in [-0.05, 0) is 11.6 Å².